The SMILES string of the molecule is CC(C)C[C@@H]1NC(=O)[C@H](CCCN)NC(=O)[C@H](C(C)C)NC(=O)C2=CC3=C4CCCC4=C4C=C(S[C@]4(C)[C@@]3(C)S2)C(=O)[C@H]2CCCN2C(=O)[C@H](CC(C)C)NC(=O)[C@H](CCCN)NC(=O)[C@H](C(C)C)NC(=O)[C@@H]2CCCN2C(=O)[C@@H](Cc2ccccc2)NC1=O. The van der Waals surface area contributed by atoms with Crippen LogP contribution in [0.2, 0.25) is 0 Å². The van der Waals surface area contributed by atoms with Gasteiger partial charge in [-0.2, -0.15) is 0 Å². The first-order valence-corrected chi connectivity index (χ1v) is 34.4. The van der Waals surface area contributed by atoms with Gasteiger partial charge in [0, 0.05) is 19.5 Å². The molecule has 5 aliphatic heterocycles. The largest absolute Gasteiger partial charge is 0.343 e. The number of benzene rings is 1. The maximum absolute atomic E-state index is 15.2. The highest BCUT2D eigenvalue weighted by atomic mass is 32.2. The van der Waals surface area contributed by atoms with Crippen LogP contribution in [0.25, 0.3) is 0 Å². The maximum Gasteiger partial charge on any atom is 0.258 e. The van der Waals surface area contributed by atoms with Crippen molar-refractivity contribution in [3.8, 4) is 0 Å². The molecule has 21 nitrogen and oxygen atoms in total. The van der Waals surface area contributed by atoms with E-state index in [9.17, 15) is 33.6 Å². The molecule has 2 aliphatic carbocycles. The highest BCUT2D eigenvalue weighted by Crippen LogP contribution is 2.68. The van der Waals surface area contributed by atoms with Crippen molar-refractivity contribution in [3.05, 3.63) is 80.2 Å². The third-order valence-corrected chi connectivity index (χ3v) is 22.1. The number of nitrogens with two attached hydrogens (primary N) is 2. The number of nitrogens with zero attached hydrogens (tertiary/aromatic N) is 2. The van der Waals surface area contributed by atoms with E-state index in [-0.39, 0.29) is 75.8 Å². The molecule has 90 heavy (non-hydrogen) atoms. The molecule has 11 atom stereocenters. The van der Waals surface area contributed by atoms with Gasteiger partial charge in [-0.05, 0) is 174 Å². The number of nitrogens with one attached hydrogen (secondary N) is 7. The lowest BCUT2D eigenvalue weighted by atomic mass is 9.72. The minimum absolute atomic E-state index is 0.0303. The van der Waals surface area contributed by atoms with E-state index in [4.69, 9.17) is 11.5 Å². The first-order chi connectivity index (χ1) is 42.7. The Hall–Kier alpha value is -6.30. The molecule has 0 radical (unpaired) electrons. The molecule has 492 valence electrons. The van der Waals surface area contributed by atoms with E-state index in [0.29, 0.717) is 54.0 Å². The molecule has 1 saturated carbocycles. The van der Waals surface area contributed by atoms with Gasteiger partial charge in [-0.25, -0.2) is 0 Å². The molecular formula is C67H97N11O10S2. The number of ketones is 1. The van der Waals surface area contributed by atoms with E-state index < -0.39 is 129 Å². The summed E-state index contributed by atoms with van der Waals surface area (Å²) in [4.78, 5) is 152. The summed E-state index contributed by atoms with van der Waals surface area (Å²) in [6.45, 7) is 19.8. The highest BCUT2D eigenvalue weighted by Gasteiger charge is 2.61. The van der Waals surface area contributed by atoms with Gasteiger partial charge in [0.1, 0.15) is 48.3 Å². The van der Waals surface area contributed by atoms with Crippen molar-refractivity contribution >= 4 is 82.5 Å². The molecule has 4 fully saturated rings. The Labute approximate surface area is 539 Å². The molecule has 4 bridgehead atoms. The van der Waals surface area contributed by atoms with Gasteiger partial charge >= 0.3 is 0 Å². The fourth-order valence-corrected chi connectivity index (χ4v) is 16.9. The molecule has 0 aromatic heterocycles. The van der Waals surface area contributed by atoms with Crippen molar-refractivity contribution in [1.82, 2.24) is 47.0 Å². The van der Waals surface area contributed by atoms with Gasteiger partial charge in [0.05, 0.1) is 25.3 Å². The predicted octanol–water partition coefficient (Wildman–Crippen LogP) is 4.64. The van der Waals surface area contributed by atoms with Crippen LogP contribution in [-0.2, 0) is 54.4 Å². The van der Waals surface area contributed by atoms with E-state index in [0.717, 1.165) is 41.6 Å². The van der Waals surface area contributed by atoms with Crippen molar-refractivity contribution in [2.45, 2.75) is 223 Å². The van der Waals surface area contributed by atoms with Crippen LogP contribution in [0.15, 0.2) is 74.6 Å². The van der Waals surface area contributed by atoms with E-state index in [1.807, 2.05) is 70.2 Å². The second-order valence-corrected chi connectivity index (χ2v) is 30.1. The molecule has 5 heterocycles. The van der Waals surface area contributed by atoms with Crippen molar-refractivity contribution < 1.29 is 47.9 Å². The fraction of sp³-hybridized carbons (Fsp3) is 0.642. The smallest absolute Gasteiger partial charge is 0.258 e. The molecule has 8 rings (SSSR count). The molecule has 3 saturated heterocycles. The Morgan fingerprint density at radius 2 is 0.956 bits per heavy atom. The summed E-state index contributed by atoms with van der Waals surface area (Å²) in [5.41, 5.74) is 17.0. The highest BCUT2D eigenvalue weighted by molar-refractivity contribution is 8.10. The zero-order valence-corrected chi connectivity index (χ0v) is 55.9. The quantitative estimate of drug-likeness (QED) is 0.123. The monoisotopic (exact) mass is 1280 g/mol. The summed E-state index contributed by atoms with van der Waals surface area (Å²) in [5, 5.41) is 20.5. The second kappa shape index (κ2) is 30.0. The molecule has 11 N–H and O–H groups in total. The lowest BCUT2D eigenvalue weighted by Crippen LogP contribution is -2.61. The van der Waals surface area contributed by atoms with Gasteiger partial charge in [-0.3, -0.25) is 47.9 Å². The van der Waals surface area contributed by atoms with Crippen LogP contribution in [0.4, 0.5) is 0 Å². The standard InChI is InChI=1S/C67H97N11O10S2/c1-36(2)31-47-59(82)74-49(33-40-19-12-11-13-20-40)65(88)78-30-18-26-51(78)60(83)75-54(38(5)6)62(85)71-46(24-16-28-69)58(81)73-48(32-37(3)4)64(87)77-29-17-25-50(77)56(79)52-34-43-41-21-14-22-42(41)44-35-53(90-67(44,10)66(43,9)89-52)61(84)76-55(39(7)8)63(86)70-45(23-15-27-68)57(80)72-47/h11-13,19-20,34-39,45-51,54-55H,14-18,21-33,68-69H2,1-10H3,(H,70,86)(H,71,85)(H,72,80)(H,73,81)(H,74,82)(H,75,83)(H,76,84)/t45-,46-,47-,48-,49+,50+,51-,54-,55-,66-,67-/m0/s1. The Kier molecular flexibility index (Phi) is 23.2. The average Bonchev–Trinajstić information content (AvgIpc) is 1.52. The van der Waals surface area contributed by atoms with Gasteiger partial charge in [0.15, 0.2) is 5.78 Å². The first-order valence-electron chi connectivity index (χ1n) is 32.7. The molecular weight excluding hydrogens is 1180 g/mol. The topological polar surface area (TPSA) is 313 Å². The van der Waals surface area contributed by atoms with Gasteiger partial charge in [-0.1, -0.05) is 85.7 Å². The Bertz CT molecular complexity index is 3070. The number of carbonyl (C=O) groups is 10. The van der Waals surface area contributed by atoms with Crippen LogP contribution in [0.5, 0.6) is 0 Å². The summed E-state index contributed by atoms with van der Waals surface area (Å²) >= 11 is 2.85. The van der Waals surface area contributed by atoms with Crippen molar-refractivity contribution in [3.63, 3.8) is 0 Å². The van der Waals surface area contributed by atoms with Crippen LogP contribution in [0, 0.1) is 23.7 Å². The number of amides is 9. The zero-order valence-electron chi connectivity index (χ0n) is 54.2. The molecule has 0 spiro atoms. The van der Waals surface area contributed by atoms with Crippen LogP contribution >= 0.6 is 23.5 Å². The van der Waals surface area contributed by atoms with E-state index >= 15 is 14.4 Å². The third-order valence-electron chi connectivity index (χ3n) is 18.8. The van der Waals surface area contributed by atoms with Crippen molar-refractivity contribution in [1.29, 1.82) is 0 Å². The van der Waals surface area contributed by atoms with Gasteiger partial charge in [-0.15, -0.1) is 23.5 Å². The first kappa shape index (κ1) is 69.6. The summed E-state index contributed by atoms with van der Waals surface area (Å²) in [7, 11) is 0. The molecule has 9 amide bonds. The molecule has 0 unspecified atom stereocenters. The van der Waals surface area contributed by atoms with Gasteiger partial charge in [0.2, 0.25) is 47.3 Å². The number of Topliss-reactive ketones (excluding diaryl/α,β-unsaturated/α-hetero) is 1. The molecule has 7 aliphatic rings. The van der Waals surface area contributed by atoms with Crippen LogP contribution < -0.4 is 48.7 Å². The number of fused-ring (bicyclic) bond motifs is 5. The van der Waals surface area contributed by atoms with Crippen LogP contribution in [0.1, 0.15) is 158 Å². The average molecular weight is 1280 g/mol. The van der Waals surface area contributed by atoms with Crippen molar-refractivity contribution in [2.75, 3.05) is 26.2 Å². The van der Waals surface area contributed by atoms with Crippen molar-refractivity contribution in [2.24, 2.45) is 35.1 Å². The molecule has 1 aromatic rings. The number of thioether (sulfide) groups is 2. The molecule has 1 aromatic carbocycles. The zero-order chi connectivity index (χ0) is 65.5. The minimum atomic E-state index is -1.22. The second-order valence-electron chi connectivity index (χ2n) is 27.2. The Morgan fingerprint density at radius 3 is 1.49 bits per heavy atom. The van der Waals surface area contributed by atoms with E-state index in [1.165, 1.54) is 28.4 Å². The van der Waals surface area contributed by atoms with Crippen LogP contribution in [0.3, 0.4) is 0 Å². The number of allylic oxidation sites excluding steroid dienone is 4. The van der Waals surface area contributed by atoms with Crippen LogP contribution in [-0.4, -0.2) is 159 Å². The maximum atomic E-state index is 15.2. The fourth-order valence-electron chi connectivity index (χ4n) is 13.8. The molecule has 23 heteroatoms. The van der Waals surface area contributed by atoms with E-state index in [1.54, 1.807) is 32.6 Å². The van der Waals surface area contributed by atoms with Gasteiger partial charge < -0.3 is 58.5 Å². The summed E-state index contributed by atoms with van der Waals surface area (Å²) in [6, 6.07) is -0.880. The Morgan fingerprint density at radius 1 is 0.511 bits per heavy atom. The minimum Gasteiger partial charge on any atom is -0.343 e. The van der Waals surface area contributed by atoms with Gasteiger partial charge in [0.25, 0.3) is 5.91 Å². The summed E-state index contributed by atoms with van der Waals surface area (Å²) in [6.07, 6.45) is 9.34. The lowest BCUT2D eigenvalue weighted by molar-refractivity contribution is -0.143. The normalized spacial score (nSPS) is 30.5. The number of rotatable bonds is 14. The predicted molar refractivity (Wildman–Crippen MR) is 349 cm³/mol. The number of carbonyl (C=O) groups excluding carboxylic acids is 10. The summed E-state index contributed by atoms with van der Waals surface area (Å²) < 4.78 is -1.49. The third kappa shape index (κ3) is 15.3. The van der Waals surface area contributed by atoms with E-state index in [2.05, 4.69) is 51.1 Å². The number of hydrogen-bond donors (Lipinski definition) is 9. The lowest BCUT2D eigenvalue weighted by Gasteiger charge is -2.47. The Balaban J connectivity index is 1.16. The number of hydrogen-bond acceptors (Lipinski definition) is 14. The summed E-state index contributed by atoms with van der Waals surface area (Å²) in [5.74, 6) is -6.59.